The molecule has 0 spiro atoms. The lowest BCUT2D eigenvalue weighted by atomic mass is 10.2. The van der Waals surface area contributed by atoms with Crippen molar-refractivity contribution in [1.82, 2.24) is 0 Å². The second kappa shape index (κ2) is 7.50. The minimum absolute atomic E-state index is 0.0697. The van der Waals surface area contributed by atoms with Crippen LogP contribution >= 0.6 is 23.4 Å². The highest BCUT2D eigenvalue weighted by Crippen LogP contribution is 2.34. The van der Waals surface area contributed by atoms with Crippen LogP contribution in [-0.2, 0) is 9.53 Å². The fourth-order valence-corrected chi connectivity index (χ4v) is 2.75. The van der Waals surface area contributed by atoms with E-state index in [4.69, 9.17) is 21.4 Å². The van der Waals surface area contributed by atoms with E-state index in [0.717, 1.165) is 23.9 Å². The third-order valence-corrected chi connectivity index (χ3v) is 4.27. The van der Waals surface area contributed by atoms with E-state index in [1.165, 1.54) is 0 Å². The third-order valence-electron chi connectivity index (χ3n) is 2.44. The summed E-state index contributed by atoms with van der Waals surface area (Å²) in [7, 11) is 0. The molecule has 0 heterocycles. The van der Waals surface area contributed by atoms with Crippen molar-refractivity contribution in [1.29, 1.82) is 0 Å². The molecule has 0 aromatic heterocycles. The fourth-order valence-electron chi connectivity index (χ4n) is 1.47. The first kappa shape index (κ1) is 16.8. The molecule has 1 aromatic rings. The zero-order valence-electron chi connectivity index (χ0n) is 11.0. The molecule has 1 atom stereocenters. The first-order chi connectivity index (χ1) is 9.40. The zero-order chi connectivity index (χ0) is 15.3. The van der Waals surface area contributed by atoms with Gasteiger partial charge in [0.2, 0.25) is 0 Å². The molecule has 0 amide bonds. The van der Waals surface area contributed by atoms with Crippen LogP contribution < -0.4 is 0 Å². The number of benzene rings is 1. The van der Waals surface area contributed by atoms with Crippen molar-refractivity contribution in [3.8, 4) is 0 Å². The lowest BCUT2D eigenvalue weighted by molar-refractivity contribution is -0.142. The number of hydrogen-bond acceptors (Lipinski definition) is 4. The van der Waals surface area contributed by atoms with Gasteiger partial charge >= 0.3 is 11.9 Å². The summed E-state index contributed by atoms with van der Waals surface area (Å²) in [5.74, 6) is -2.70. The number of carboxylic acids is 1. The molecule has 0 aliphatic rings. The van der Waals surface area contributed by atoms with E-state index in [1.54, 1.807) is 13.8 Å². The number of carbonyl (C=O) groups excluding carboxylic acids is 1. The molecule has 0 fully saturated rings. The number of aromatic carboxylic acids is 1. The molecular formula is C13H14ClFO4S. The Labute approximate surface area is 125 Å². The number of halogens is 2. The van der Waals surface area contributed by atoms with Crippen molar-refractivity contribution in [2.45, 2.75) is 30.4 Å². The van der Waals surface area contributed by atoms with Gasteiger partial charge in [0.25, 0.3) is 0 Å². The van der Waals surface area contributed by atoms with E-state index in [9.17, 15) is 14.0 Å². The number of rotatable bonds is 6. The van der Waals surface area contributed by atoms with E-state index >= 15 is 0 Å². The van der Waals surface area contributed by atoms with Crippen LogP contribution in [0.1, 0.15) is 30.6 Å². The van der Waals surface area contributed by atoms with Gasteiger partial charge in [-0.1, -0.05) is 18.5 Å². The van der Waals surface area contributed by atoms with E-state index < -0.39 is 28.6 Å². The molecular weight excluding hydrogens is 307 g/mol. The molecule has 1 N–H and O–H groups in total. The molecule has 0 aliphatic heterocycles. The Morgan fingerprint density at radius 2 is 2.10 bits per heavy atom. The van der Waals surface area contributed by atoms with Crippen molar-refractivity contribution in [3.63, 3.8) is 0 Å². The minimum Gasteiger partial charge on any atom is -0.478 e. The topological polar surface area (TPSA) is 63.6 Å². The molecule has 0 saturated carbocycles. The fraction of sp³-hybridized carbons (Fsp3) is 0.385. The molecule has 7 heteroatoms. The quantitative estimate of drug-likeness (QED) is 0.640. The Kier molecular flexibility index (Phi) is 6.29. The van der Waals surface area contributed by atoms with Gasteiger partial charge in [-0.25, -0.2) is 9.18 Å². The maximum atomic E-state index is 13.4. The number of hydrogen-bond donors (Lipinski definition) is 1. The Morgan fingerprint density at radius 1 is 1.45 bits per heavy atom. The molecule has 1 unspecified atom stereocenters. The summed E-state index contributed by atoms with van der Waals surface area (Å²) < 4.78 is 18.3. The van der Waals surface area contributed by atoms with Crippen molar-refractivity contribution in [3.05, 3.63) is 28.5 Å². The van der Waals surface area contributed by atoms with Gasteiger partial charge in [0, 0.05) is 4.90 Å². The Hall–Kier alpha value is -1.27. The van der Waals surface area contributed by atoms with Crippen LogP contribution in [-0.4, -0.2) is 28.9 Å². The van der Waals surface area contributed by atoms with Crippen molar-refractivity contribution < 1.29 is 23.8 Å². The molecule has 110 valence electrons. The van der Waals surface area contributed by atoms with Gasteiger partial charge < -0.3 is 9.84 Å². The summed E-state index contributed by atoms with van der Waals surface area (Å²) in [6, 6.07) is 2.07. The lowest BCUT2D eigenvalue weighted by Crippen LogP contribution is -2.19. The van der Waals surface area contributed by atoms with Crippen LogP contribution in [0, 0.1) is 5.82 Å². The predicted molar refractivity (Wildman–Crippen MR) is 74.9 cm³/mol. The number of carbonyl (C=O) groups is 2. The highest BCUT2D eigenvalue weighted by Gasteiger charge is 2.22. The maximum absolute atomic E-state index is 13.4. The molecule has 20 heavy (non-hydrogen) atoms. The van der Waals surface area contributed by atoms with Gasteiger partial charge in [0.1, 0.15) is 11.1 Å². The summed E-state index contributed by atoms with van der Waals surface area (Å²) in [6.07, 6.45) is 0.486. The highest BCUT2D eigenvalue weighted by atomic mass is 35.5. The second-order valence-corrected chi connectivity index (χ2v) is 5.49. The largest absolute Gasteiger partial charge is 0.478 e. The van der Waals surface area contributed by atoms with Crippen LogP contribution in [0.25, 0.3) is 0 Å². The number of esters is 1. The summed E-state index contributed by atoms with van der Waals surface area (Å²) in [5, 5.41) is 8.44. The average molecular weight is 321 g/mol. The molecule has 0 radical (unpaired) electrons. The minimum atomic E-state index is -1.38. The Balaban J connectivity index is 3.04. The maximum Gasteiger partial charge on any atom is 0.338 e. The molecule has 1 rings (SSSR count). The van der Waals surface area contributed by atoms with Crippen molar-refractivity contribution in [2.24, 2.45) is 0 Å². The summed E-state index contributed by atoms with van der Waals surface area (Å²) >= 11 is 6.95. The van der Waals surface area contributed by atoms with Gasteiger partial charge in [-0.2, -0.15) is 0 Å². The van der Waals surface area contributed by atoms with Gasteiger partial charge in [-0.05, 0) is 25.5 Å². The number of ether oxygens (including phenoxy) is 1. The van der Waals surface area contributed by atoms with Gasteiger partial charge in [0.15, 0.2) is 0 Å². The van der Waals surface area contributed by atoms with E-state index in [0.29, 0.717) is 11.3 Å². The van der Waals surface area contributed by atoms with Crippen LogP contribution in [0.4, 0.5) is 4.39 Å². The van der Waals surface area contributed by atoms with Crippen LogP contribution in [0.3, 0.4) is 0 Å². The summed E-state index contributed by atoms with van der Waals surface area (Å²) in [5.41, 5.74) is -0.476. The average Bonchev–Trinajstić information content (AvgIpc) is 2.37. The lowest BCUT2D eigenvalue weighted by Gasteiger charge is -2.14. The first-order valence-corrected chi connectivity index (χ1v) is 7.22. The SMILES string of the molecule is CCOC(=O)C(CC)Sc1cc(C(=O)O)c(F)cc1Cl. The highest BCUT2D eigenvalue weighted by molar-refractivity contribution is 8.00. The van der Waals surface area contributed by atoms with E-state index in [1.807, 2.05) is 0 Å². The van der Waals surface area contributed by atoms with Gasteiger partial charge in [-0.3, -0.25) is 4.79 Å². The number of carboxylic acid groups (broad SMARTS) is 1. The molecule has 1 aromatic carbocycles. The van der Waals surface area contributed by atoms with Crippen molar-refractivity contribution in [2.75, 3.05) is 6.61 Å². The predicted octanol–water partition coefficient (Wildman–Crippen LogP) is 3.61. The Morgan fingerprint density at radius 3 is 2.60 bits per heavy atom. The first-order valence-electron chi connectivity index (χ1n) is 5.96. The molecule has 4 nitrogen and oxygen atoms in total. The van der Waals surface area contributed by atoms with Crippen LogP contribution in [0.2, 0.25) is 5.02 Å². The summed E-state index contributed by atoms with van der Waals surface area (Å²) in [4.78, 5) is 22.9. The molecule has 0 bridgehead atoms. The summed E-state index contributed by atoms with van der Waals surface area (Å²) in [6.45, 7) is 3.75. The van der Waals surface area contributed by atoms with Crippen LogP contribution in [0.15, 0.2) is 17.0 Å². The molecule has 0 saturated heterocycles. The van der Waals surface area contributed by atoms with Crippen LogP contribution in [0.5, 0.6) is 0 Å². The molecule has 0 aliphatic carbocycles. The van der Waals surface area contributed by atoms with E-state index in [-0.39, 0.29) is 11.6 Å². The zero-order valence-corrected chi connectivity index (χ0v) is 12.6. The Bertz CT molecular complexity index is 521. The monoisotopic (exact) mass is 320 g/mol. The van der Waals surface area contributed by atoms with E-state index in [2.05, 4.69) is 0 Å². The smallest absolute Gasteiger partial charge is 0.338 e. The number of thioether (sulfide) groups is 1. The van der Waals surface area contributed by atoms with Gasteiger partial charge in [-0.15, -0.1) is 11.8 Å². The van der Waals surface area contributed by atoms with Crippen molar-refractivity contribution >= 4 is 35.3 Å². The standard InChI is InChI=1S/C13H14ClFO4S/c1-3-10(13(18)19-4-2)20-11-5-7(12(16)17)9(15)6-8(11)14/h5-6,10H,3-4H2,1-2H3,(H,16,17). The second-order valence-electron chi connectivity index (χ2n) is 3.83. The third kappa shape index (κ3) is 4.11. The normalized spacial score (nSPS) is 12.0. The van der Waals surface area contributed by atoms with Gasteiger partial charge in [0.05, 0.1) is 17.2 Å².